The number of pyridine rings is 1. The van der Waals surface area contributed by atoms with Gasteiger partial charge in [-0.05, 0) is 23.8 Å². The predicted molar refractivity (Wildman–Crippen MR) is 60.0 cm³/mol. The maximum absolute atomic E-state index is 12.8. The number of benzene rings is 1. The van der Waals surface area contributed by atoms with Crippen LogP contribution in [0.2, 0.25) is 0 Å². The summed E-state index contributed by atoms with van der Waals surface area (Å²) < 4.78 is 50.9. The van der Waals surface area contributed by atoms with E-state index in [2.05, 4.69) is 4.98 Å². The Hall–Kier alpha value is -2.24. The molecule has 0 radical (unpaired) electrons. The van der Waals surface area contributed by atoms with Crippen LogP contribution in [-0.2, 0) is 6.18 Å². The third kappa shape index (κ3) is 2.78. The smallest absolute Gasteiger partial charge is 0.298 e. The van der Waals surface area contributed by atoms with Crippen LogP contribution in [-0.4, -0.2) is 11.3 Å². The van der Waals surface area contributed by atoms with Crippen LogP contribution in [0.1, 0.15) is 15.9 Å². The second-order valence-electron chi connectivity index (χ2n) is 3.79. The van der Waals surface area contributed by atoms with E-state index in [1.165, 1.54) is 12.1 Å². The van der Waals surface area contributed by atoms with Gasteiger partial charge in [0.25, 0.3) is 0 Å². The number of carbonyl (C=O) groups is 1. The average molecular weight is 269 g/mol. The molecule has 0 aliphatic carbocycles. The molecule has 0 spiro atoms. The van der Waals surface area contributed by atoms with E-state index in [-0.39, 0.29) is 11.8 Å². The fourth-order valence-corrected chi connectivity index (χ4v) is 1.63. The van der Waals surface area contributed by atoms with Crippen molar-refractivity contribution < 1.29 is 22.4 Å². The maximum Gasteiger partial charge on any atom is 0.417 e. The number of hydrogen-bond donors (Lipinski definition) is 0. The summed E-state index contributed by atoms with van der Waals surface area (Å²) in [4.78, 5) is 14.0. The summed E-state index contributed by atoms with van der Waals surface area (Å²) in [6.07, 6.45) is -3.35. The molecule has 0 bridgehead atoms. The quantitative estimate of drug-likeness (QED) is 0.472. The number of alkyl halides is 3. The second kappa shape index (κ2) is 4.79. The first-order chi connectivity index (χ1) is 8.91. The zero-order valence-corrected chi connectivity index (χ0v) is 9.41. The van der Waals surface area contributed by atoms with Gasteiger partial charge < -0.3 is 0 Å². The van der Waals surface area contributed by atoms with Crippen molar-refractivity contribution in [2.45, 2.75) is 6.18 Å². The molecule has 2 rings (SSSR count). The number of aromatic nitrogens is 1. The van der Waals surface area contributed by atoms with Crippen molar-refractivity contribution in [1.82, 2.24) is 4.98 Å². The molecule has 98 valence electrons. The van der Waals surface area contributed by atoms with Crippen molar-refractivity contribution in [2.75, 3.05) is 0 Å². The number of hydrogen-bond acceptors (Lipinski definition) is 2. The molecule has 0 aliphatic heterocycles. The van der Waals surface area contributed by atoms with E-state index in [0.717, 1.165) is 24.4 Å². The van der Waals surface area contributed by atoms with E-state index < -0.39 is 23.3 Å². The lowest BCUT2D eigenvalue weighted by atomic mass is 10.0. The maximum atomic E-state index is 12.8. The van der Waals surface area contributed by atoms with Crippen LogP contribution >= 0.6 is 0 Å². The van der Waals surface area contributed by atoms with Gasteiger partial charge in [-0.15, -0.1) is 0 Å². The SMILES string of the molecule is O=Cc1ccc(-c2ccc(F)nc2)cc1C(F)(F)F. The van der Waals surface area contributed by atoms with Crippen LogP contribution in [0.25, 0.3) is 11.1 Å². The molecular weight excluding hydrogens is 262 g/mol. The minimum Gasteiger partial charge on any atom is -0.298 e. The number of halogens is 4. The Morgan fingerprint density at radius 3 is 2.26 bits per heavy atom. The Labute approximate surface area is 105 Å². The molecule has 0 N–H and O–H groups in total. The minimum atomic E-state index is -4.63. The Morgan fingerprint density at radius 1 is 1.05 bits per heavy atom. The van der Waals surface area contributed by atoms with Gasteiger partial charge in [0.05, 0.1) is 5.56 Å². The fraction of sp³-hybridized carbons (Fsp3) is 0.0769. The van der Waals surface area contributed by atoms with Gasteiger partial charge >= 0.3 is 6.18 Å². The molecule has 2 aromatic rings. The van der Waals surface area contributed by atoms with Crippen LogP contribution < -0.4 is 0 Å². The Bertz CT molecular complexity index is 605. The molecule has 2 nitrogen and oxygen atoms in total. The first-order valence-corrected chi connectivity index (χ1v) is 5.20. The summed E-state index contributed by atoms with van der Waals surface area (Å²) in [5.74, 6) is -0.718. The summed E-state index contributed by atoms with van der Waals surface area (Å²) >= 11 is 0. The lowest BCUT2D eigenvalue weighted by Crippen LogP contribution is -2.09. The van der Waals surface area contributed by atoms with Gasteiger partial charge in [-0.1, -0.05) is 12.1 Å². The molecule has 0 amide bonds. The molecule has 1 aromatic carbocycles. The van der Waals surface area contributed by atoms with E-state index in [4.69, 9.17) is 0 Å². The lowest BCUT2D eigenvalue weighted by Gasteiger charge is -2.11. The first kappa shape index (κ1) is 13.2. The molecule has 1 heterocycles. The summed E-state index contributed by atoms with van der Waals surface area (Å²) in [5, 5.41) is 0. The number of nitrogens with zero attached hydrogens (tertiary/aromatic N) is 1. The molecule has 0 saturated carbocycles. The van der Waals surface area contributed by atoms with Crippen molar-refractivity contribution in [3.63, 3.8) is 0 Å². The summed E-state index contributed by atoms with van der Waals surface area (Å²) in [6, 6.07) is 5.65. The van der Waals surface area contributed by atoms with Crippen LogP contribution in [0, 0.1) is 5.95 Å². The van der Waals surface area contributed by atoms with Gasteiger partial charge in [-0.25, -0.2) is 4.98 Å². The highest BCUT2D eigenvalue weighted by Gasteiger charge is 2.33. The van der Waals surface area contributed by atoms with E-state index in [1.54, 1.807) is 0 Å². The molecule has 19 heavy (non-hydrogen) atoms. The summed E-state index contributed by atoms with van der Waals surface area (Å²) in [7, 11) is 0. The molecule has 0 unspecified atom stereocenters. The van der Waals surface area contributed by atoms with Gasteiger partial charge in [0.2, 0.25) is 5.95 Å². The zero-order chi connectivity index (χ0) is 14.0. The predicted octanol–water partition coefficient (Wildman–Crippen LogP) is 3.72. The highest BCUT2D eigenvalue weighted by atomic mass is 19.4. The van der Waals surface area contributed by atoms with Gasteiger partial charge in [0.1, 0.15) is 0 Å². The molecule has 0 atom stereocenters. The number of aldehydes is 1. The van der Waals surface area contributed by atoms with Gasteiger partial charge in [0.15, 0.2) is 6.29 Å². The van der Waals surface area contributed by atoms with Crippen molar-refractivity contribution in [3.8, 4) is 11.1 Å². The zero-order valence-electron chi connectivity index (χ0n) is 9.41. The highest BCUT2D eigenvalue weighted by Crippen LogP contribution is 2.34. The van der Waals surface area contributed by atoms with Gasteiger partial charge in [-0.3, -0.25) is 4.79 Å². The monoisotopic (exact) mass is 269 g/mol. The molecule has 1 aromatic heterocycles. The Kier molecular flexibility index (Phi) is 3.33. The third-order valence-corrected chi connectivity index (χ3v) is 2.55. The lowest BCUT2D eigenvalue weighted by molar-refractivity contribution is -0.137. The van der Waals surface area contributed by atoms with E-state index in [9.17, 15) is 22.4 Å². The minimum absolute atomic E-state index is 0.148. The standard InChI is InChI=1S/C13H7F4NO/c14-12-4-3-9(6-18-12)8-1-2-10(7-19)11(5-8)13(15,16)17/h1-7H. The van der Waals surface area contributed by atoms with Gasteiger partial charge in [-0.2, -0.15) is 17.6 Å². The normalized spacial score (nSPS) is 11.4. The molecule has 0 aliphatic rings. The van der Waals surface area contributed by atoms with Crippen LogP contribution in [0.4, 0.5) is 17.6 Å². The Balaban J connectivity index is 2.55. The molecular formula is C13H7F4NO. The largest absolute Gasteiger partial charge is 0.417 e. The van der Waals surface area contributed by atoms with Crippen LogP contribution in [0.5, 0.6) is 0 Å². The average Bonchev–Trinajstić information content (AvgIpc) is 2.38. The fourth-order valence-electron chi connectivity index (χ4n) is 1.63. The van der Waals surface area contributed by atoms with E-state index in [0.29, 0.717) is 5.56 Å². The van der Waals surface area contributed by atoms with Crippen LogP contribution in [0.15, 0.2) is 36.5 Å². The van der Waals surface area contributed by atoms with E-state index >= 15 is 0 Å². The molecule has 0 fully saturated rings. The first-order valence-electron chi connectivity index (χ1n) is 5.20. The van der Waals surface area contributed by atoms with Crippen molar-refractivity contribution >= 4 is 6.29 Å². The third-order valence-electron chi connectivity index (χ3n) is 2.55. The summed E-state index contributed by atoms with van der Waals surface area (Å²) in [5.41, 5.74) is -0.912. The van der Waals surface area contributed by atoms with Gasteiger partial charge in [0, 0.05) is 17.3 Å². The molecule has 0 saturated heterocycles. The number of rotatable bonds is 2. The van der Waals surface area contributed by atoms with Crippen molar-refractivity contribution in [2.24, 2.45) is 0 Å². The van der Waals surface area contributed by atoms with Crippen molar-refractivity contribution in [3.05, 3.63) is 53.6 Å². The van der Waals surface area contributed by atoms with Crippen molar-refractivity contribution in [1.29, 1.82) is 0 Å². The summed E-state index contributed by atoms with van der Waals surface area (Å²) in [6.45, 7) is 0. The highest BCUT2D eigenvalue weighted by molar-refractivity contribution is 5.80. The topological polar surface area (TPSA) is 30.0 Å². The second-order valence-corrected chi connectivity index (χ2v) is 3.79. The Morgan fingerprint density at radius 2 is 1.74 bits per heavy atom. The van der Waals surface area contributed by atoms with Crippen LogP contribution in [0.3, 0.4) is 0 Å². The number of carbonyl (C=O) groups excluding carboxylic acids is 1. The van der Waals surface area contributed by atoms with E-state index in [1.807, 2.05) is 0 Å². The molecule has 6 heteroatoms.